The van der Waals surface area contributed by atoms with E-state index in [1.165, 1.54) is 51.9 Å². The van der Waals surface area contributed by atoms with Crippen molar-refractivity contribution < 1.29 is 27.5 Å². The highest BCUT2D eigenvalue weighted by Gasteiger charge is 2.32. The lowest BCUT2D eigenvalue weighted by Crippen LogP contribution is -2.31. The Kier molecular flexibility index (Phi) is 8.90. The minimum absolute atomic E-state index is 0.142. The van der Waals surface area contributed by atoms with E-state index in [0.717, 1.165) is 29.8 Å². The molecule has 1 saturated heterocycles. The fourth-order valence-electron chi connectivity index (χ4n) is 4.46. The van der Waals surface area contributed by atoms with Crippen LogP contribution < -0.4 is 19.9 Å². The first-order chi connectivity index (χ1) is 21.0. The molecule has 0 aliphatic carbocycles. The minimum atomic E-state index is -4.77. The third-order valence-corrected chi connectivity index (χ3v) is 7.45. The average Bonchev–Trinajstić information content (AvgIpc) is 3.60. The molecule has 14 heteroatoms. The number of hydrogen-bond donors (Lipinski definition) is 1. The van der Waals surface area contributed by atoms with E-state index in [-0.39, 0.29) is 17.4 Å². The van der Waals surface area contributed by atoms with E-state index in [4.69, 9.17) is 0 Å². The molecule has 1 aliphatic heterocycles. The third kappa shape index (κ3) is 7.19. The van der Waals surface area contributed by atoms with Gasteiger partial charge in [-0.15, -0.1) is 18.3 Å². The number of alkyl halides is 3. The summed E-state index contributed by atoms with van der Waals surface area (Å²) in [5.41, 5.74) is 4.28. The van der Waals surface area contributed by atoms with Gasteiger partial charge in [0.05, 0.1) is 17.1 Å². The van der Waals surface area contributed by atoms with Gasteiger partial charge in [-0.1, -0.05) is 31.2 Å². The summed E-state index contributed by atoms with van der Waals surface area (Å²) in [6.45, 7) is 2.07. The Morgan fingerprint density at radius 1 is 1.09 bits per heavy atom. The number of aliphatic imine (C=N–C) groups is 1. The second-order valence-corrected chi connectivity index (χ2v) is 10.9. The Balaban J connectivity index is 1.28. The van der Waals surface area contributed by atoms with E-state index in [9.17, 15) is 22.8 Å². The van der Waals surface area contributed by atoms with Gasteiger partial charge in [0.15, 0.2) is 11.0 Å². The van der Waals surface area contributed by atoms with Gasteiger partial charge in [-0.2, -0.15) is 4.99 Å². The van der Waals surface area contributed by atoms with Crippen molar-refractivity contribution in [3.05, 3.63) is 78.6 Å². The summed E-state index contributed by atoms with van der Waals surface area (Å²) in [7, 11) is 3.85. The molecule has 3 aromatic carbocycles. The number of nitrogens with zero attached hydrogens (tertiary/aromatic N) is 6. The lowest BCUT2D eigenvalue weighted by atomic mass is 10.1. The number of carbonyl (C=O) groups is 2. The highest BCUT2D eigenvalue weighted by Crippen LogP contribution is 2.33. The molecule has 10 nitrogen and oxygen atoms in total. The summed E-state index contributed by atoms with van der Waals surface area (Å²) in [5, 5.41) is 7.43. The average molecular weight is 624 g/mol. The number of carbonyl (C=O) groups excluding carboxylic acids is 2. The highest BCUT2D eigenvalue weighted by atomic mass is 32.2. The van der Waals surface area contributed by atoms with Crippen LogP contribution in [0.4, 0.5) is 35.0 Å². The number of anilines is 3. The lowest BCUT2D eigenvalue weighted by molar-refractivity contribution is -0.274. The molecule has 0 spiro atoms. The predicted octanol–water partition coefficient (Wildman–Crippen LogP) is 6.52. The first kappa shape index (κ1) is 30.6. The van der Waals surface area contributed by atoms with Gasteiger partial charge < -0.3 is 15.0 Å². The first-order valence-corrected chi connectivity index (χ1v) is 14.5. The zero-order chi connectivity index (χ0) is 31.4. The molecule has 0 saturated carbocycles. The Hall–Kier alpha value is -4.85. The van der Waals surface area contributed by atoms with Crippen LogP contribution in [0.3, 0.4) is 0 Å². The third-order valence-electron chi connectivity index (χ3n) is 6.53. The maximum Gasteiger partial charge on any atom is 0.573 e. The molecule has 0 bridgehead atoms. The molecule has 4 aromatic rings. The van der Waals surface area contributed by atoms with Gasteiger partial charge in [0.1, 0.15) is 12.1 Å². The van der Waals surface area contributed by atoms with Crippen molar-refractivity contribution in [1.29, 1.82) is 0 Å². The van der Waals surface area contributed by atoms with Crippen LogP contribution in [0, 0.1) is 0 Å². The number of ether oxygens (including phenoxy) is 1. The van der Waals surface area contributed by atoms with Crippen LogP contribution in [0.25, 0.3) is 17.1 Å². The molecule has 3 amide bonds. The SMILES string of the molecule is CCCc1ccc(N(C)C)cc1N1C(=O)CSC1=NC(=O)Nc1ccc(-n2cnc(-c3ccc(OC(F)(F)F)cc3)n2)cc1. The van der Waals surface area contributed by atoms with Crippen LogP contribution in [-0.4, -0.2) is 58.1 Å². The van der Waals surface area contributed by atoms with Crippen LogP contribution in [0.15, 0.2) is 78.0 Å². The lowest BCUT2D eigenvalue weighted by Gasteiger charge is -2.22. The van der Waals surface area contributed by atoms with Gasteiger partial charge >= 0.3 is 12.4 Å². The van der Waals surface area contributed by atoms with Gasteiger partial charge in [-0.3, -0.25) is 9.69 Å². The van der Waals surface area contributed by atoms with E-state index in [1.807, 2.05) is 37.2 Å². The Labute approximate surface area is 255 Å². The molecule has 44 heavy (non-hydrogen) atoms. The minimum Gasteiger partial charge on any atom is -0.406 e. The number of aromatic nitrogens is 3. The quantitative estimate of drug-likeness (QED) is 0.238. The number of amidine groups is 1. The van der Waals surface area contributed by atoms with Gasteiger partial charge in [0, 0.05) is 31.0 Å². The summed E-state index contributed by atoms with van der Waals surface area (Å²) in [5.74, 6) is 0.0124. The van der Waals surface area contributed by atoms with E-state index >= 15 is 0 Å². The molecule has 1 N–H and O–H groups in total. The van der Waals surface area contributed by atoms with Crippen molar-refractivity contribution in [3.63, 3.8) is 0 Å². The molecule has 1 fully saturated rings. The second kappa shape index (κ2) is 12.8. The van der Waals surface area contributed by atoms with Crippen molar-refractivity contribution in [1.82, 2.24) is 14.8 Å². The van der Waals surface area contributed by atoms with Crippen LogP contribution in [0.2, 0.25) is 0 Å². The monoisotopic (exact) mass is 623 g/mol. The predicted molar refractivity (Wildman–Crippen MR) is 165 cm³/mol. The van der Waals surface area contributed by atoms with Crippen LogP contribution in [0.5, 0.6) is 5.75 Å². The van der Waals surface area contributed by atoms with Crippen LogP contribution in [-0.2, 0) is 11.2 Å². The van der Waals surface area contributed by atoms with Crippen LogP contribution in [0.1, 0.15) is 18.9 Å². The molecule has 1 aliphatic rings. The maximum absolute atomic E-state index is 12.9. The largest absolute Gasteiger partial charge is 0.573 e. The number of benzene rings is 3. The zero-order valence-electron chi connectivity index (χ0n) is 24.0. The molecule has 2 heterocycles. The second-order valence-electron chi connectivity index (χ2n) is 9.93. The Morgan fingerprint density at radius 2 is 1.82 bits per heavy atom. The number of urea groups is 1. The smallest absolute Gasteiger partial charge is 0.406 e. The molecule has 0 atom stereocenters. The van der Waals surface area contributed by atoms with Crippen molar-refractivity contribution in [2.75, 3.05) is 35.0 Å². The summed E-state index contributed by atoms with van der Waals surface area (Å²) in [6, 6.07) is 17.3. The molecular weight excluding hydrogens is 595 g/mol. The Bertz CT molecular complexity index is 1690. The molecule has 228 valence electrons. The van der Waals surface area contributed by atoms with E-state index in [2.05, 4.69) is 32.1 Å². The Morgan fingerprint density at radius 3 is 2.48 bits per heavy atom. The fraction of sp³-hybridized carbons (Fsp3) is 0.233. The summed E-state index contributed by atoms with van der Waals surface area (Å²) >= 11 is 1.21. The van der Waals surface area contributed by atoms with Gasteiger partial charge in [-0.05, 0) is 72.6 Å². The number of amides is 3. The van der Waals surface area contributed by atoms with E-state index < -0.39 is 12.4 Å². The maximum atomic E-state index is 12.9. The number of rotatable bonds is 8. The fourth-order valence-corrected chi connectivity index (χ4v) is 5.32. The number of hydrogen-bond acceptors (Lipinski definition) is 7. The van der Waals surface area contributed by atoms with E-state index in [1.54, 1.807) is 24.3 Å². The molecule has 0 unspecified atom stereocenters. The zero-order valence-corrected chi connectivity index (χ0v) is 24.8. The van der Waals surface area contributed by atoms with Gasteiger partial charge in [0.2, 0.25) is 5.91 Å². The highest BCUT2D eigenvalue weighted by molar-refractivity contribution is 8.15. The molecular formula is C30H28F3N7O3S. The number of aryl methyl sites for hydroxylation is 1. The molecule has 0 radical (unpaired) electrons. The molecule has 1 aromatic heterocycles. The number of halogens is 3. The van der Waals surface area contributed by atoms with Crippen molar-refractivity contribution in [2.45, 2.75) is 26.1 Å². The van der Waals surface area contributed by atoms with Crippen molar-refractivity contribution in [2.24, 2.45) is 4.99 Å². The number of nitrogens with one attached hydrogen (secondary N) is 1. The van der Waals surface area contributed by atoms with Gasteiger partial charge in [-0.25, -0.2) is 14.5 Å². The summed E-state index contributed by atoms with van der Waals surface area (Å²) in [6.07, 6.45) is -1.63. The molecule has 5 rings (SSSR count). The topological polar surface area (TPSA) is 105 Å². The van der Waals surface area contributed by atoms with E-state index in [0.29, 0.717) is 27.9 Å². The van der Waals surface area contributed by atoms with Crippen LogP contribution >= 0.6 is 11.8 Å². The summed E-state index contributed by atoms with van der Waals surface area (Å²) in [4.78, 5) is 37.7. The normalized spacial score (nSPS) is 14.3. The number of thioether (sulfide) groups is 1. The summed E-state index contributed by atoms with van der Waals surface area (Å²) < 4.78 is 42.6. The van der Waals surface area contributed by atoms with Crippen molar-refractivity contribution >= 4 is 45.9 Å². The van der Waals surface area contributed by atoms with Crippen molar-refractivity contribution in [3.8, 4) is 22.8 Å². The first-order valence-electron chi connectivity index (χ1n) is 13.5. The standard InChI is InChI=1S/C30H28F3N7O3S/c1-4-5-19-6-11-23(38(2)3)16-25(19)40-26(41)17-44-29(40)36-28(42)35-21-9-12-22(13-10-21)39-18-34-27(37-39)20-7-14-24(15-8-20)43-30(31,32)33/h6-16,18H,4-5,17H2,1-3H3,(H,35,42). The van der Waals surface area contributed by atoms with Gasteiger partial charge in [0.25, 0.3) is 0 Å².